The predicted octanol–water partition coefficient (Wildman–Crippen LogP) is 2.03. The molecular weight excluding hydrogens is 206 g/mol. The number of carboxylic acids is 1. The predicted molar refractivity (Wildman–Crippen MR) is 61.1 cm³/mol. The maximum Gasteiger partial charge on any atom is 0.329 e. The minimum absolute atomic E-state index is 0.119. The van der Waals surface area contributed by atoms with Gasteiger partial charge in [-0.15, -0.1) is 0 Å². The summed E-state index contributed by atoms with van der Waals surface area (Å²) in [6, 6.07) is 0. The lowest BCUT2D eigenvalue weighted by Crippen LogP contribution is -2.57. The molecule has 1 N–H and O–H groups in total. The topological polar surface area (TPSA) is 57.6 Å². The number of nitrogens with zero attached hydrogens (tertiary/aromatic N) is 1. The highest BCUT2D eigenvalue weighted by Gasteiger charge is 2.45. The quantitative estimate of drug-likeness (QED) is 0.799. The molecule has 1 aliphatic carbocycles. The molecule has 1 aliphatic rings. The molecule has 4 nitrogen and oxygen atoms in total. The number of carbonyl (C=O) groups is 2. The Kier molecular flexibility index (Phi) is 4.33. The van der Waals surface area contributed by atoms with Crippen molar-refractivity contribution in [2.45, 2.75) is 57.9 Å². The van der Waals surface area contributed by atoms with E-state index in [0.29, 0.717) is 19.4 Å². The van der Waals surface area contributed by atoms with Gasteiger partial charge in [0.2, 0.25) is 5.91 Å². The summed E-state index contributed by atoms with van der Waals surface area (Å²) >= 11 is 0. The van der Waals surface area contributed by atoms with Crippen LogP contribution >= 0.6 is 0 Å². The van der Waals surface area contributed by atoms with Crippen LogP contribution in [-0.2, 0) is 9.59 Å². The lowest BCUT2D eigenvalue weighted by Gasteiger charge is -2.42. The fourth-order valence-corrected chi connectivity index (χ4v) is 2.63. The van der Waals surface area contributed by atoms with Crippen molar-refractivity contribution in [1.82, 2.24) is 4.90 Å². The van der Waals surface area contributed by atoms with Gasteiger partial charge in [0.1, 0.15) is 5.54 Å². The van der Waals surface area contributed by atoms with Crippen LogP contribution in [0.1, 0.15) is 52.4 Å². The fraction of sp³-hybridized carbons (Fsp3) is 0.833. The third kappa shape index (κ3) is 2.36. The smallest absolute Gasteiger partial charge is 0.329 e. The molecule has 0 aromatic carbocycles. The monoisotopic (exact) mass is 227 g/mol. The molecule has 0 aliphatic heterocycles. The van der Waals surface area contributed by atoms with E-state index in [0.717, 1.165) is 25.7 Å². The molecule has 1 saturated carbocycles. The molecule has 0 aromatic rings. The molecule has 0 heterocycles. The second kappa shape index (κ2) is 5.32. The largest absolute Gasteiger partial charge is 0.479 e. The van der Waals surface area contributed by atoms with Gasteiger partial charge >= 0.3 is 5.97 Å². The first-order chi connectivity index (χ1) is 7.54. The number of hydrogen-bond donors (Lipinski definition) is 1. The zero-order chi connectivity index (χ0) is 12.2. The number of aliphatic carboxylic acids is 1. The molecule has 0 atom stereocenters. The van der Waals surface area contributed by atoms with E-state index in [9.17, 15) is 14.7 Å². The second-order valence-electron chi connectivity index (χ2n) is 4.57. The number of rotatable bonds is 4. The van der Waals surface area contributed by atoms with Crippen LogP contribution in [0.25, 0.3) is 0 Å². The molecule has 1 fully saturated rings. The molecule has 0 bridgehead atoms. The van der Waals surface area contributed by atoms with Crippen LogP contribution in [0.4, 0.5) is 0 Å². The van der Waals surface area contributed by atoms with Gasteiger partial charge in [-0.05, 0) is 19.3 Å². The SMILES string of the molecule is CCCN(C(C)=O)C1(C(=O)O)CCCCC1. The van der Waals surface area contributed by atoms with Gasteiger partial charge in [0, 0.05) is 13.5 Å². The minimum Gasteiger partial charge on any atom is -0.479 e. The molecular formula is C12H21NO3. The molecule has 92 valence electrons. The highest BCUT2D eigenvalue weighted by Crippen LogP contribution is 2.34. The third-order valence-corrected chi connectivity index (χ3v) is 3.42. The van der Waals surface area contributed by atoms with Gasteiger partial charge in [-0.3, -0.25) is 4.79 Å². The minimum atomic E-state index is -0.930. The van der Waals surface area contributed by atoms with Crippen LogP contribution in [0.5, 0.6) is 0 Å². The van der Waals surface area contributed by atoms with E-state index in [1.54, 1.807) is 4.90 Å². The maximum atomic E-state index is 11.6. The molecule has 0 spiro atoms. The summed E-state index contributed by atoms with van der Waals surface area (Å²) < 4.78 is 0. The molecule has 0 radical (unpaired) electrons. The maximum absolute atomic E-state index is 11.6. The van der Waals surface area contributed by atoms with Crippen LogP contribution in [0, 0.1) is 0 Å². The van der Waals surface area contributed by atoms with E-state index in [2.05, 4.69) is 0 Å². The number of hydrogen-bond acceptors (Lipinski definition) is 2. The normalized spacial score (nSPS) is 19.1. The van der Waals surface area contributed by atoms with Crippen molar-refractivity contribution < 1.29 is 14.7 Å². The van der Waals surface area contributed by atoms with Gasteiger partial charge in [-0.1, -0.05) is 26.2 Å². The summed E-state index contributed by atoms with van der Waals surface area (Å²) in [6.07, 6.45) is 4.88. The first-order valence-electron chi connectivity index (χ1n) is 6.06. The van der Waals surface area contributed by atoms with Crippen LogP contribution in [0.2, 0.25) is 0 Å². The van der Waals surface area contributed by atoms with E-state index in [-0.39, 0.29) is 5.91 Å². The van der Waals surface area contributed by atoms with Crippen LogP contribution in [0.3, 0.4) is 0 Å². The summed E-state index contributed by atoms with van der Waals surface area (Å²) in [5.74, 6) is -0.956. The van der Waals surface area contributed by atoms with Gasteiger partial charge in [0.15, 0.2) is 0 Å². The Morgan fingerprint density at radius 2 is 1.81 bits per heavy atom. The first kappa shape index (κ1) is 13.0. The molecule has 0 saturated heterocycles. The standard InChI is InChI=1S/C12H21NO3/c1-3-9-13(10(2)14)12(11(15)16)7-5-4-6-8-12/h3-9H2,1-2H3,(H,15,16). The van der Waals surface area contributed by atoms with E-state index < -0.39 is 11.5 Å². The Hall–Kier alpha value is -1.06. The second-order valence-corrected chi connectivity index (χ2v) is 4.57. The van der Waals surface area contributed by atoms with E-state index in [1.807, 2.05) is 6.92 Å². The Labute approximate surface area is 96.6 Å². The van der Waals surface area contributed by atoms with Crippen molar-refractivity contribution in [3.05, 3.63) is 0 Å². The number of amides is 1. The highest BCUT2D eigenvalue weighted by molar-refractivity contribution is 5.86. The Morgan fingerprint density at radius 1 is 1.25 bits per heavy atom. The van der Waals surface area contributed by atoms with Gasteiger partial charge in [-0.2, -0.15) is 0 Å². The molecule has 0 aromatic heterocycles. The number of carboxylic acid groups (broad SMARTS) is 1. The highest BCUT2D eigenvalue weighted by atomic mass is 16.4. The van der Waals surface area contributed by atoms with Gasteiger partial charge in [0.25, 0.3) is 0 Å². The van der Waals surface area contributed by atoms with Gasteiger partial charge < -0.3 is 10.0 Å². The van der Waals surface area contributed by atoms with Crippen LogP contribution < -0.4 is 0 Å². The lowest BCUT2D eigenvalue weighted by atomic mass is 9.80. The first-order valence-corrected chi connectivity index (χ1v) is 6.06. The van der Waals surface area contributed by atoms with Crippen molar-refractivity contribution in [3.8, 4) is 0 Å². The third-order valence-electron chi connectivity index (χ3n) is 3.42. The fourth-order valence-electron chi connectivity index (χ4n) is 2.63. The molecule has 1 amide bonds. The van der Waals surface area contributed by atoms with E-state index >= 15 is 0 Å². The molecule has 0 unspecified atom stereocenters. The summed E-state index contributed by atoms with van der Waals surface area (Å²) in [5, 5.41) is 9.44. The lowest BCUT2D eigenvalue weighted by molar-refractivity contribution is -0.161. The summed E-state index contributed by atoms with van der Waals surface area (Å²) in [5.41, 5.74) is -0.930. The summed E-state index contributed by atoms with van der Waals surface area (Å²) in [6.45, 7) is 3.98. The van der Waals surface area contributed by atoms with Gasteiger partial charge in [-0.25, -0.2) is 4.79 Å². The van der Waals surface area contributed by atoms with Crippen molar-refractivity contribution in [2.75, 3.05) is 6.54 Å². The molecule has 1 rings (SSSR count). The van der Waals surface area contributed by atoms with Crippen molar-refractivity contribution >= 4 is 11.9 Å². The Morgan fingerprint density at radius 3 is 2.19 bits per heavy atom. The average Bonchev–Trinajstić information content (AvgIpc) is 2.26. The molecule has 4 heteroatoms. The van der Waals surface area contributed by atoms with Crippen molar-refractivity contribution in [3.63, 3.8) is 0 Å². The Bertz CT molecular complexity index is 269. The van der Waals surface area contributed by atoms with Crippen LogP contribution in [0.15, 0.2) is 0 Å². The average molecular weight is 227 g/mol. The zero-order valence-corrected chi connectivity index (χ0v) is 10.2. The zero-order valence-electron chi connectivity index (χ0n) is 10.2. The van der Waals surface area contributed by atoms with Crippen molar-refractivity contribution in [2.24, 2.45) is 0 Å². The van der Waals surface area contributed by atoms with E-state index in [1.165, 1.54) is 6.92 Å². The Balaban J connectivity index is 2.96. The number of carbonyl (C=O) groups excluding carboxylic acids is 1. The van der Waals surface area contributed by atoms with Crippen LogP contribution in [-0.4, -0.2) is 34.0 Å². The van der Waals surface area contributed by atoms with E-state index in [4.69, 9.17) is 0 Å². The van der Waals surface area contributed by atoms with Crippen molar-refractivity contribution in [1.29, 1.82) is 0 Å². The molecule has 16 heavy (non-hydrogen) atoms. The van der Waals surface area contributed by atoms with Gasteiger partial charge in [0.05, 0.1) is 0 Å². The summed E-state index contributed by atoms with van der Waals surface area (Å²) in [7, 11) is 0. The summed E-state index contributed by atoms with van der Waals surface area (Å²) in [4.78, 5) is 24.7.